The van der Waals surface area contributed by atoms with E-state index in [1.807, 2.05) is 24.3 Å². The molecular weight excluding hydrogens is 472 g/mol. The number of thiazole rings is 1. The van der Waals surface area contributed by atoms with Gasteiger partial charge >= 0.3 is 4.87 Å². The second-order valence-electron chi connectivity index (χ2n) is 9.11. The van der Waals surface area contributed by atoms with Crippen LogP contribution in [0.4, 0.5) is 5.69 Å². The fraction of sp³-hybridized carbons (Fsp3) is 0.476. The van der Waals surface area contributed by atoms with Gasteiger partial charge in [-0.3, -0.25) is 19.3 Å². The van der Waals surface area contributed by atoms with Crippen LogP contribution in [-0.4, -0.2) is 22.0 Å². The number of H-pyrrole nitrogens is 1. The minimum Gasteiger partial charge on any atom is -0.307 e. The Morgan fingerprint density at radius 2 is 1.72 bits per heavy atom. The van der Waals surface area contributed by atoms with Crippen molar-refractivity contribution in [3.63, 3.8) is 0 Å². The SMILES string of the molecule is CC1(C)c2sc(=O)[nH]c2SC2C1[C@H]1C[C@@H]2C2C(=O)N(c3ccc(Br)cc3)C(=O)C21. The van der Waals surface area contributed by atoms with E-state index in [-0.39, 0.29) is 51.0 Å². The molecule has 2 amide bonds. The number of hydrogen-bond acceptors (Lipinski definition) is 5. The van der Waals surface area contributed by atoms with Crippen LogP contribution in [0.3, 0.4) is 0 Å². The number of carbonyl (C=O) groups excluding carboxylic acids is 2. The van der Waals surface area contributed by atoms with Crippen molar-refractivity contribution in [1.82, 2.24) is 4.98 Å². The molecule has 2 aromatic rings. The first kappa shape index (κ1) is 18.4. The highest BCUT2D eigenvalue weighted by molar-refractivity contribution is 9.10. The first-order valence-electron chi connectivity index (χ1n) is 9.82. The molecular formula is C21H19BrN2O3S2. The lowest BCUT2D eigenvalue weighted by atomic mass is 9.64. The van der Waals surface area contributed by atoms with Crippen LogP contribution in [0.5, 0.6) is 0 Å². The lowest BCUT2D eigenvalue weighted by Gasteiger charge is -2.47. The zero-order valence-electron chi connectivity index (χ0n) is 15.8. The third kappa shape index (κ3) is 2.25. The summed E-state index contributed by atoms with van der Waals surface area (Å²) in [6.07, 6.45) is 0.936. The highest BCUT2D eigenvalue weighted by atomic mass is 79.9. The zero-order chi connectivity index (χ0) is 20.2. The Kier molecular flexibility index (Phi) is 3.71. The standard InChI is InChI=1S/C21H19BrN2O3S2/c1-21(2)14-10-7-11(15(14)28-17-16(21)29-20(27)23-17)13-12(10)18(25)24(19(13)26)9-5-3-8(22)4-6-9/h3-6,10-15H,7H2,1-2H3,(H,23,27)/t10-,11+,12?,13?,14?,15?/m0/s1. The number of anilines is 1. The minimum absolute atomic E-state index is 0.0170. The number of imide groups is 1. The summed E-state index contributed by atoms with van der Waals surface area (Å²) in [5.74, 6) is 0.146. The van der Waals surface area contributed by atoms with Gasteiger partial charge in [0.2, 0.25) is 11.8 Å². The zero-order valence-corrected chi connectivity index (χ0v) is 19.1. The molecule has 0 radical (unpaired) electrons. The Bertz CT molecular complexity index is 1120. The molecule has 4 unspecified atom stereocenters. The van der Waals surface area contributed by atoms with Gasteiger partial charge in [-0.05, 0) is 48.4 Å². The number of nitrogens with zero attached hydrogens (tertiary/aromatic N) is 1. The van der Waals surface area contributed by atoms with Gasteiger partial charge in [-0.2, -0.15) is 0 Å². The normalized spacial score (nSPS) is 36.3. The molecule has 4 aliphatic rings. The minimum atomic E-state index is -0.229. The van der Waals surface area contributed by atoms with E-state index < -0.39 is 0 Å². The fourth-order valence-electron chi connectivity index (χ4n) is 6.50. The number of benzene rings is 1. The molecule has 29 heavy (non-hydrogen) atoms. The van der Waals surface area contributed by atoms with Crippen LogP contribution in [0.15, 0.2) is 38.6 Å². The third-order valence-electron chi connectivity index (χ3n) is 7.48. The second kappa shape index (κ2) is 5.86. The van der Waals surface area contributed by atoms with Crippen molar-refractivity contribution >= 4 is 56.5 Å². The quantitative estimate of drug-likeness (QED) is 0.612. The molecule has 3 fully saturated rings. The maximum atomic E-state index is 13.4. The average molecular weight is 491 g/mol. The molecule has 2 bridgehead atoms. The van der Waals surface area contributed by atoms with E-state index in [9.17, 15) is 14.4 Å². The lowest BCUT2D eigenvalue weighted by molar-refractivity contribution is -0.123. The van der Waals surface area contributed by atoms with Gasteiger partial charge in [-0.1, -0.05) is 41.1 Å². The van der Waals surface area contributed by atoms with Crippen molar-refractivity contribution in [3.8, 4) is 0 Å². The number of thioether (sulfide) groups is 1. The molecule has 2 aliphatic heterocycles. The third-order valence-corrected chi connectivity index (χ3v) is 10.8. The smallest absolute Gasteiger partial charge is 0.305 e. The summed E-state index contributed by atoms with van der Waals surface area (Å²) < 4.78 is 0.921. The number of aromatic nitrogens is 1. The topological polar surface area (TPSA) is 70.2 Å². The highest BCUT2D eigenvalue weighted by Gasteiger charge is 2.70. The molecule has 2 aliphatic carbocycles. The molecule has 2 saturated carbocycles. The predicted molar refractivity (Wildman–Crippen MR) is 116 cm³/mol. The van der Waals surface area contributed by atoms with Crippen LogP contribution < -0.4 is 9.77 Å². The lowest BCUT2D eigenvalue weighted by Crippen LogP contribution is -2.48. The number of carbonyl (C=O) groups is 2. The molecule has 0 spiro atoms. The van der Waals surface area contributed by atoms with Gasteiger partial charge in [0.1, 0.15) is 0 Å². The summed E-state index contributed by atoms with van der Waals surface area (Å²) in [6.45, 7) is 4.41. The number of fused-ring (bicyclic) bond motifs is 9. The van der Waals surface area contributed by atoms with Gasteiger partial charge in [-0.25, -0.2) is 0 Å². The molecule has 6 atom stereocenters. The second-order valence-corrected chi connectivity index (χ2v) is 12.2. The average Bonchev–Trinajstić information content (AvgIpc) is 3.38. The van der Waals surface area contributed by atoms with Crippen LogP contribution >= 0.6 is 39.0 Å². The molecule has 8 heteroatoms. The van der Waals surface area contributed by atoms with Crippen LogP contribution in [0.1, 0.15) is 25.1 Å². The van der Waals surface area contributed by atoms with Gasteiger partial charge in [0, 0.05) is 20.0 Å². The molecule has 1 aromatic carbocycles. The predicted octanol–water partition coefficient (Wildman–Crippen LogP) is 4.02. The van der Waals surface area contributed by atoms with Crippen LogP contribution in [-0.2, 0) is 15.0 Å². The Hall–Kier alpha value is -1.38. The number of rotatable bonds is 1. The van der Waals surface area contributed by atoms with E-state index in [1.54, 1.807) is 11.8 Å². The van der Waals surface area contributed by atoms with E-state index >= 15 is 0 Å². The number of amides is 2. The van der Waals surface area contributed by atoms with E-state index in [0.717, 1.165) is 20.8 Å². The van der Waals surface area contributed by atoms with Crippen LogP contribution in [0.25, 0.3) is 0 Å². The highest BCUT2D eigenvalue weighted by Crippen LogP contribution is 2.69. The Labute approximate surface area is 184 Å². The summed E-state index contributed by atoms with van der Waals surface area (Å²) in [4.78, 5) is 44.3. The van der Waals surface area contributed by atoms with E-state index in [4.69, 9.17) is 0 Å². The maximum absolute atomic E-state index is 13.4. The van der Waals surface area contributed by atoms with Crippen molar-refractivity contribution in [2.75, 3.05) is 4.90 Å². The monoisotopic (exact) mass is 490 g/mol. The van der Waals surface area contributed by atoms with Crippen molar-refractivity contribution in [1.29, 1.82) is 0 Å². The molecule has 1 N–H and O–H groups in total. The maximum Gasteiger partial charge on any atom is 0.305 e. The van der Waals surface area contributed by atoms with Crippen LogP contribution in [0.2, 0.25) is 0 Å². The Morgan fingerprint density at radius 1 is 1.07 bits per heavy atom. The largest absolute Gasteiger partial charge is 0.307 e. The summed E-state index contributed by atoms with van der Waals surface area (Å²) in [5, 5.41) is 1.24. The molecule has 1 saturated heterocycles. The van der Waals surface area contributed by atoms with Gasteiger partial charge in [-0.15, -0.1) is 11.8 Å². The number of nitrogens with one attached hydrogen (secondary N) is 1. The van der Waals surface area contributed by atoms with E-state index in [0.29, 0.717) is 11.6 Å². The van der Waals surface area contributed by atoms with Crippen molar-refractivity contribution < 1.29 is 9.59 Å². The molecule has 5 nitrogen and oxygen atoms in total. The van der Waals surface area contributed by atoms with Crippen molar-refractivity contribution in [3.05, 3.63) is 43.3 Å². The van der Waals surface area contributed by atoms with Crippen molar-refractivity contribution in [2.24, 2.45) is 29.6 Å². The van der Waals surface area contributed by atoms with Gasteiger partial charge in [0.25, 0.3) is 0 Å². The number of hydrogen-bond donors (Lipinski definition) is 1. The number of aromatic amines is 1. The first-order chi connectivity index (χ1) is 13.8. The fourth-order valence-corrected chi connectivity index (χ4v) is 9.92. The Balaban J connectivity index is 1.42. The van der Waals surface area contributed by atoms with Crippen molar-refractivity contribution in [2.45, 2.75) is 36.0 Å². The summed E-state index contributed by atoms with van der Waals surface area (Å²) in [6, 6.07) is 7.39. The summed E-state index contributed by atoms with van der Waals surface area (Å²) >= 11 is 6.45. The summed E-state index contributed by atoms with van der Waals surface area (Å²) in [7, 11) is 0. The number of halogens is 1. The summed E-state index contributed by atoms with van der Waals surface area (Å²) in [5.41, 5.74) is 0.490. The van der Waals surface area contributed by atoms with E-state index in [2.05, 4.69) is 34.8 Å². The Morgan fingerprint density at radius 3 is 2.41 bits per heavy atom. The molecule has 6 rings (SSSR count). The molecule has 150 valence electrons. The van der Waals surface area contributed by atoms with Gasteiger partial charge in [0.15, 0.2) is 0 Å². The van der Waals surface area contributed by atoms with E-state index in [1.165, 1.54) is 16.2 Å². The molecule has 1 aromatic heterocycles. The van der Waals surface area contributed by atoms with Crippen LogP contribution in [0, 0.1) is 29.6 Å². The van der Waals surface area contributed by atoms with Gasteiger partial charge in [0.05, 0.1) is 22.5 Å². The van der Waals surface area contributed by atoms with Gasteiger partial charge < -0.3 is 4.98 Å². The molecule has 3 heterocycles. The first-order valence-corrected chi connectivity index (χ1v) is 12.3.